The van der Waals surface area contributed by atoms with Crippen molar-refractivity contribution in [2.75, 3.05) is 11.1 Å². The van der Waals surface area contributed by atoms with Gasteiger partial charge in [-0.1, -0.05) is 12.1 Å². The van der Waals surface area contributed by atoms with Crippen molar-refractivity contribution in [3.05, 3.63) is 78.5 Å². The first-order chi connectivity index (χ1) is 13.6. The van der Waals surface area contributed by atoms with Crippen LogP contribution >= 0.6 is 0 Å². The quantitative estimate of drug-likeness (QED) is 0.506. The van der Waals surface area contributed by atoms with E-state index in [-0.39, 0.29) is 11.5 Å². The van der Waals surface area contributed by atoms with Crippen LogP contribution in [0.25, 0.3) is 22.4 Å². The van der Waals surface area contributed by atoms with Crippen molar-refractivity contribution < 1.29 is 9.18 Å². The Morgan fingerprint density at radius 2 is 1.71 bits per heavy atom. The maximum absolute atomic E-state index is 14.0. The van der Waals surface area contributed by atoms with Gasteiger partial charge in [-0.3, -0.25) is 9.89 Å². The summed E-state index contributed by atoms with van der Waals surface area (Å²) in [5, 5.41) is 9.55. The summed E-state index contributed by atoms with van der Waals surface area (Å²) in [6.45, 7) is 0. The molecule has 4 N–H and O–H groups in total. The first-order valence-electron chi connectivity index (χ1n) is 8.38. The molecule has 0 unspecified atom stereocenters. The van der Waals surface area contributed by atoms with Crippen molar-refractivity contribution in [3.63, 3.8) is 0 Å². The van der Waals surface area contributed by atoms with E-state index in [4.69, 9.17) is 5.73 Å². The van der Waals surface area contributed by atoms with E-state index >= 15 is 0 Å². The van der Waals surface area contributed by atoms with E-state index in [1.165, 1.54) is 24.5 Å². The van der Waals surface area contributed by atoms with Crippen molar-refractivity contribution in [3.8, 4) is 22.4 Å². The number of anilines is 2. The number of nitrogen functional groups attached to an aromatic ring is 1. The number of halogens is 1. The lowest BCUT2D eigenvalue weighted by Crippen LogP contribution is -2.12. The van der Waals surface area contributed by atoms with E-state index in [0.717, 1.165) is 11.3 Å². The number of benzene rings is 2. The van der Waals surface area contributed by atoms with Gasteiger partial charge >= 0.3 is 0 Å². The molecule has 0 aliphatic carbocycles. The molecule has 4 rings (SSSR count). The summed E-state index contributed by atoms with van der Waals surface area (Å²) in [5.74, 6) is -0.836. The molecule has 0 bridgehead atoms. The molecule has 2 aromatic heterocycles. The molecule has 0 aliphatic heterocycles. The predicted molar refractivity (Wildman–Crippen MR) is 104 cm³/mol. The Kier molecular flexibility index (Phi) is 4.51. The van der Waals surface area contributed by atoms with Crippen LogP contribution in [-0.2, 0) is 0 Å². The topological polar surface area (TPSA) is 110 Å². The molecule has 0 saturated carbocycles. The van der Waals surface area contributed by atoms with Crippen LogP contribution in [0, 0.1) is 5.82 Å². The molecular weight excluding hydrogens is 359 g/mol. The fraction of sp³-hybridized carbons (Fsp3) is 0. The molecular formula is C20H15FN6O. The number of amides is 1. The zero-order chi connectivity index (χ0) is 19.5. The van der Waals surface area contributed by atoms with Crippen LogP contribution in [0.2, 0.25) is 0 Å². The first-order valence-corrected chi connectivity index (χ1v) is 8.38. The number of carbonyl (C=O) groups excluding carboxylic acids is 1. The number of hydrogen-bond acceptors (Lipinski definition) is 5. The fourth-order valence-electron chi connectivity index (χ4n) is 2.73. The van der Waals surface area contributed by atoms with Gasteiger partial charge in [-0.2, -0.15) is 5.10 Å². The van der Waals surface area contributed by atoms with E-state index < -0.39 is 11.7 Å². The number of carbonyl (C=O) groups is 1. The molecule has 0 fully saturated rings. The molecule has 0 radical (unpaired) electrons. The van der Waals surface area contributed by atoms with Crippen LogP contribution in [-0.4, -0.2) is 26.1 Å². The second kappa shape index (κ2) is 7.28. The van der Waals surface area contributed by atoms with Gasteiger partial charge in [0, 0.05) is 35.4 Å². The molecule has 8 heteroatoms. The number of rotatable bonds is 4. The highest BCUT2D eigenvalue weighted by molar-refractivity contribution is 6.05. The van der Waals surface area contributed by atoms with E-state index in [0.29, 0.717) is 16.8 Å². The number of nitrogens with zero attached hydrogens (tertiary/aromatic N) is 3. The van der Waals surface area contributed by atoms with Crippen LogP contribution in [0.4, 0.5) is 16.0 Å². The highest BCUT2D eigenvalue weighted by Crippen LogP contribution is 2.23. The van der Waals surface area contributed by atoms with Crippen molar-refractivity contribution >= 4 is 17.5 Å². The molecule has 0 aliphatic rings. The van der Waals surface area contributed by atoms with Crippen molar-refractivity contribution in [1.82, 2.24) is 20.2 Å². The lowest BCUT2D eigenvalue weighted by atomic mass is 10.0. The zero-order valence-electron chi connectivity index (χ0n) is 14.6. The maximum Gasteiger partial charge on any atom is 0.255 e. The summed E-state index contributed by atoms with van der Waals surface area (Å²) in [7, 11) is 0. The average molecular weight is 374 g/mol. The van der Waals surface area contributed by atoms with Crippen LogP contribution in [0.15, 0.2) is 67.1 Å². The molecule has 138 valence electrons. The Morgan fingerprint density at radius 3 is 2.39 bits per heavy atom. The summed E-state index contributed by atoms with van der Waals surface area (Å²) in [4.78, 5) is 20.4. The normalized spacial score (nSPS) is 10.6. The molecule has 28 heavy (non-hydrogen) atoms. The van der Waals surface area contributed by atoms with Gasteiger partial charge in [0.05, 0.1) is 5.69 Å². The number of aromatic amines is 1. The van der Waals surface area contributed by atoms with Crippen molar-refractivity contribution in [2.45, 2.75) is 0 Å². The molecule has 2 aromatic carbocycles. The third-order valence-electron chi connectivity index (χ3n) is 4.12. The molecule has 1 amide bonds. The van der Waals surface area contributed by atoms with Gasteiger partial charge in [-0.05, 0) is 47.5 Å². The minimum absolute atomic E-state index is 0.122. The van der Waals surface area contributed by atoms with Crippen LogP contribution in [0.1, 0.15) is 10.4 Å². The summed E-state index contributed by atoms with van der Waals surface area (Å²) >= 11 is 0. The smallest absolute Gasteiger partial charge is 0.255 e. The number of aromatic nitrogens is 4. The van der Waals surface area contributed by atoms with Gasteiger partial charge in [0.1, 0.15) is 5.82 Å². The Balaban J connectivity index is 1.55. The maximum atomic E-state index is 14.0. The van der Waals surface area contributed by atoms with E-state index in [1.807, 2.05) is 18.2 Å². The lowest BCUT2D eigenvalue weighted by molar-refractivity contribution is 0.102. The molecule has 4 aromatic rings. The number of hydrogen-bond donors (Lipinski definition) is 3. The van der Waals surface area contributed by atoms with E-state index in [9.17, 15) is 9.18 Å². The molecule has 2 heterocycles. The summed E-state index contributed by atoms with van der Waals surface area (Å²) in [6.07, 6.45) is 4.62. The van der Waals surface area contributed by atoms with Crippen LogP contribution in [0.5, 0.6) is 0 Å². The Bertz CT molecular complexity index is 1110. The lowest BCUT2D eigenvalue weighted by Gasteiger charge is -2.08. The van der Waals surface area contributed by atoms with Crippen molar-refractivity contribution in [1.29, 1.82) is 0 Å². The van der Waals surface area contributed by atoms with E-state index in [2.05, 4.69) is 25.5 Å². The summed E-state index contributed by atoms with van der Waals surface area (Å²) in [5.41, 5.74) is 9.11. The van der Waals surface area contributed by atoms with Gasteiger partial charge in [-0.15, -0.1) is 0 Å². The minimum atomic E-state index is -0.533. The van der Waals surface area contributed by atoms with Gasteiger partial charge in [0.2, 0.25) is 5.95 Å². The predicted octanol–water partition coefficient (Wildman–Crippen LogP) is 3.51. The third kappa shape index (κ3) is 3.70. The molecule has 7 nitrogen and oxygen atoms in total. The first kappa shape index (κ1) is 17.3. The summed E-state index contributed by atoms with van der Waals surface area (Å²) < 4.78 is 14.0. The SMILES string of the molecule is Nc1ncc(-c2cc(F)cc(C(=O)Nc3ccc(-c4ccn[nH]4)cc3)c2)cn1. The average Bonchev–Trinajstić information content (AvgIpc) is 3.23. The number of nitrogens with two attached hydrogens (primary N) is 1. The standard InChI is InChI=1S/C20H15FN6O/c21-16-8-13(15-10-23-20(22)24-11-15)7-14(9-16)19(28)26-17-3-1-12(2-4-17)18-5-6-25-27-18/h1-11H,(H,25,27)(H,26,28)(H2,22,23,24). The van der Waals surface area contributed by atoms with Gasteiger partial charge in [0.15, 0.2) is 0 Å². The highest BCUT2D eigenvalue weighted by Gasteiger charge is 2.11. The monoisotopic (exact) mass is 374 g/mol. The molecule has 0 spiro atoms. The molecule has 0 atom stereocenters. The third-order valence-corrected chi connectivity index (χ3v) is 4.12. The minimum Gasteiger partial charge on any atom is -0.368 e. The van der Waals surface area contributed by atoms with Gasteiger partial charge < -0.3 is 11.1 Å². The van der Waals surface area contributed by atoms with Crippen LogP contribution < -0.4 is 11.1 Å². The second-order valence-corrected chi connectivity index (χ2v) is 6.06. The van der Waals surface area contributed by atoms with Gasteiger partial charge in [0.25, 0.3) is 5.91 Å². The zero-order valence-corrected chi connectivity index (χ0v) is 14.6. The molecule has 0 saturated heterocycles. The van der Waals surface area contributed by atoms with Crippen LogP contribution in [0.3, 0.4) is 0 Å². The Labute approximate surface area is 159 Å². The largest absolute Gasteiger partial charge is 0.368 e. The number of H-pyrrole nitrogens is 1. The second-order valence-electron chi connectivity index (χ2n) is 6.06. The number of nitrogens with one attached hydrogen (secondary N) is 2. The van der Waals surface area contributed by atoms with E-state index in [1.54, 1.807) is 24.4 Å². The Morgan fingerprint density at radius 1 is 0.964 bits per heavy atom. The summed E-state index contributed by atoms with van der Waals surface area (Å²) in [6, 6.07) is 13.2. The highest BCUT2D eigenvalue weighted by atomic mass is 19.1. The van der Waals surface area contributed by atoms with Crippen molar-refractivity contribution in [2.24, 2.45) is 0 Å². The Hall–Kier alpha value is -4.07. The fourth-order valence-corrected chi connectivity index (χ4v) is 2.73. The van der Waals surface area contributed by atoms with Gasteiger partial charge in [-0.25, -0.2) is 14.4 Å².